The van der Waals surface area contributed by atoms with Gasteiger partial charge in [0.05, 0.1) is 17.6 Å². The minimum Gasteiger partial charge on any atom is -0.388 e. The van der Waals surface area contributed by atoms with Gasteiger partial charge < -0.3 is 10.1 Å². The van der Waals surface area contributed by atoms with Crippen LogP contribution in [0.3, 0.4) is 0 Å². The number of benzene rings is 1. The van der Waals surface area contributed by atoms with Crippen LogP contribution < -0.4 is 5.32 Å². The Hall–Kier alpha value is -1.62. The van der Waals surface area contributed by atoms with Crippen molar-refractivity contribution in [1.29, 1.82) is 5.26 Å². The maximum absolute atomic E-state index is 12.5. The molecule has 20 heavy (non-hydrogen) atoms. The molecule has 0 fully saturated rings. The summed E-state index contributed by atoms with van der Waals surface area (Å²) in [5, 5.41) is 11.6. The highest BCUT2D eigenvalue weighted by Crippen LogP contribution is 2.18. The van der Waals surface area contributed by atoms with Crippen LogP contribution in [-0.2, 0) is 14.8 Å². The number of sulfonamides is 1. The molecule has 1 N–H and O–H groups in total. The van der Waals surface area contributed by atoms with Gasteiger partial charge in [-0.1, -0.05) is 0 Å². The first-order chi connectivity index (χ1) is 9.56. The van der Waals surface area contributed by atoms with Gasteiger partial charge in [0.15, 0.2) is 0 Å². The van der Waals surface area contributed by atoms with Crippen molar-refractivity contribution in [3.63, 3.8) is 0 Å². The summed E-state index contributed by atoms with van der Waals surface area (Å²) in [4.78, 5) is 0.213. The molecule has 0 unspecified atom stereocenters. The van der Waals surface area contributed by atoms with Gasteiger partial charge in [0.1, 0.15) is 0 Å². The van der Waals surface area contributed by atoms with E-state index >= 15 is 0 Å². The predicted molar refractivity (Wildman–Crippen MR) is 76.9 cm³/mol. The highest BCUT2D eigenvalue weighted by atomic mass is 32.2. The van der Waals surface area contributed by atoms with E-state index in [0.29, 0.717) is 6.61 Å². The molecule has 7 heteroatoms. The van der Waals surface area contributed by atoms with Gasteiger partial charge >= 0.3 is 0 Å². The predicted octanol–water partition coefficient (Wildman–Crippen LogP) is 1.28. The molecule has 0 aliphatic heterocycles. The van der Waals surface area contributed by atoms with Crippen molar-refractivity contribution in [2.75, 3.05) is 39.2 Å². The van der Waals surface area contributed by atoms with E-state index in [1.165, 1.54) is 11.4 Å². The molecule has 110 valence electrons. The zero-order valence-corrected chi connectivity index (χ0v) is 12.5. The Morgan fingerprint density at radius 1 is 1.30 bits per heavy atom. The average molecular weight is 297 g/mol. The fraction of sp³-hybridized carbons (Fsp3) is 0.462. The topological polar surface area (TPSA) is 82.4 Å². The molecule has 0 spiro atoms. The second kappa shape index (κ2) is 7.85. The molecule has 0 bridgehead atoms. The number of ether oxygens (including phenoxy) is 1. The molecule has 1 aromatic rings. The lowest BCUT2D eigenvalue weighted by Gasteiger charge is -2.20. The molecule has 0 aliphatic carbocycles. The van der Waals surface area contributed by atoms with Gasteiger partial charge in [0.2, 0.25) is 10.0 Å². The number of hydrogen-bond acceptors (Lipinski definition) is 5. The summed E-state index contributed by atoms with van der Waals surface area (Å²) in [5.74, 6) is 0. The molecular weight excluding hydrogens is 278 g/mol. The van der Waals surface area contributed by atoms with Crippen LogP contribution in [0.1, 0.15) is 6.42 Å². The third-order valence-electron chi connectivity index (χ3n) is 2.80. The van der Waals surface area contributed by atoms with Crippen molar-refractivity contribution in [2.24, 2.45) is 0 Å². The average Bonchev–Trinajstić information content (AvgIpc) is 2.47. The van der Waals surface area contributed by atoms with Crippen molar-refractivity contribution in [1.82, 2.24) is 4.31 Å². The summed E-state index contributed by atoms with van der Waals surface area (Å²) < 4.78 is 31.2. The largest absolute Gasteiger partial charge is 0.388 e. The lowest BCUT2D eigenvalue weighted by Crippen LogP contribution is -2.34. The van der Waals surface area contributed by atoms with Gasteiger partial charge in [-0.25, -0.2) is 8.42 Å². The Morgan fingerprint density at radius 3 is 2.45 bits per heavy atom. The summed E-state index contributed by atoms with van der Waals surface area (Å²) in [7, 11) is -0.320. The number of nitriles is 1. The molecule has 1 aromatic carbocycles. The van der Waals surface area contributed by atoms with Crippen molar-refractivity contribution >= 4 is 15.7 Å². The maximum atomic E-state index is 12.5. The first-order valence-electron chi connectivity index (χ1n) is 6.20. The Kier molecular flexibility index (Phi) is 6.45. The zero-order valence-electron chi connectivity index (χ0n) is 11.7. The van der Waals surface area contributed by atoms with Crippen LogP contribution in [0.15, 0.2) is 29.2 Å². The minimum absolute atomic E-state index is 0.150. The number of methoxy groups -OCH3 is 1. The van der Waals surface area contributed by atoms with E-state index in [-0.39, 0.29) is 24.4 Å². The molecule has 0 amide bonds. The second-order valence-corrected chi connectivity index (χ2v) is 6.02. The van der Waals surface area contributed by atoms with Crippen LogP contribution >= 0.6 is 0 Å². The smallest absolute Gasteiger partial charge is 0.243 e. The summed E-state index contributed by atoms with van der Waals surface area (Å²) >= 11 is 0. The summed E-state index contributed by atoms with van der Waals surface area (Å²) in [6.07, 6.45) is 0.150. The monoisotopic (exact) mass is 297 g/mol. The number of anilines is 1. The summed E-state index contributed by atoms with van der Waals surface area (Å²) in [5.41, 5.74) is 0.837. The summed E-state index contributed by atoms with van der Waals surface area (Å²) in [6, 6.07) is 8.46. The van der Waals surface area contributed by atoms with Gasteiger partial charge in [-0.05, 0) is 24.3 Å². The molecule has 0 saturated heterocycles. The van der Waals surface area contributed by atoms with Crippen LogP contribution in [0.2, 0.25) is 0 Å². The fourth-order valence-electron chi connectivity index (χ4n) is 1.66. The molecule has 0 radical (unpaired) electrons. The van der Waals surface area contributed by atoms with E-state index in [1.807, 2.05) is 6.07 Å². The zero-order chi connectivity index (χ0) is 15.0. The van der Waals surface area contributed by atoms with E-state index in [9.17, 15) is 8.42 Å². The van der Waals surface area contributed by atoms with Crippen LogP contribution in [-0.4, -0.2) is 46.6 Å². The van der Waals surface area contributed by atoms with Crippen molar-refractivity contribution in [3.8, 4) is 6.07 Å². The fourth-order valence-corrected chi connectivity index (χ4v) is 3.09. The first-order valence-corrected chi connectivity index (χ1v) is 7.64. The van der Waals surface area contributed by atoms with Crippen LogP contribution in [0, 0.1) is 11.3 Å². The molecule has 1 rings (SSSR count). The van der Waals surface area contributed by atoms with Gasteiger partial charge in [-0.15, -0.1) is 0 Å². The van der Waals surface area contributed by atoms with E-state index in [4.69, 9.17) is 10.00 Å². The molecule has 0 saturated carbocycles. The second-order valence-electron chi connectivity index (χ2n) is 4.08. The van der Waals surface area contributed by atoms with Crippen LogP contribution in [0.5, 0.6) is 0 Å². The molecule has 0 heterocycles. The molecule has 6 nitrogen and oxygen atoms in total. The van der Waals surface area contributed by atoms with Crippen LogP contribution in [0.25, 0.3) is 0 Å². The van der Waals surface area contributed by atoms with E-state index in [0.717, 1.165) is 5.69 Å². The van der Waals surface area contributed by atoms with Gasteiger partial charge in [-0.3, -0.25) is 0 Å². The van der Waals surface area contributed by atoms with E-state index < -0.39 is 10.0 Å². The van der Waals surface area contributed by atoms with Crippen molar-refractivity contribution in [3.05, 3.63) is 24.3 Å². The van der Waals surface area contributed by atoms with Crippen molar-refractivity contribution in [2.45, 2.75) is 11.3 Å². The highest BCUT2D eigenvalue weighted by Gasteiger charge is 2.23. The third-order valence-corrected chi connectivity index (χ3v) is 4.71. The first kappa shape index (κ1) is 16.4. The van der Waals surface area contributed by atoms with Gasteiger partial charge in [0.25, 0.3) is 0 Å². The van der Waals surface area contributed by atoms with E-state index in [1.54, 1.807) is 31.3 Å². The van der Waals surface area contributed by atoms with E-state index in [2.05, 4.69) is 5.32 Å². The summed E-state index contributed by atoms with van der Waals surface area (Å²) in [6.45, 7) is 0.684. The lowest BCUT2D eigenvalue weighted by molar-refractivity contribution is 0.179. The number of hydrogen-bond donors (Lipinski definition) is 1. The minimum atomic E-state index is -3.60. The number of nitrogens with one attached hydrogen (secondary N) is 1. The Balaban J connectivity index is 2.97. The Morgan fingerprint density at radius 2 is 1.95 bits per heavy atom. The normalized spacial score (nSPS) is 11.3. The standard InChI is InChI=1S/C13H19N3O3S/c1-15-12-4-6-13(7-5-12)20(17,18)16(9-3-8-14)10-11-19-2/h4-7,15H,3,9-11H2,1-2H3. The molecule has 0 aromatic heterocycles. The number of rotatable bonds is 8. The number of nitrogens with zero attached hydrogens (tertiary/aromatic N) is 2. The molecule has 0 aliphatic rings. The van der Waals surface area contributed by atoms with Crippen molar-refractivity contribution < 1.29 is 13.2 Å². The SMILES string of the molecule is CNc1ccc(S(=O)(=O)N(CCC#N)CCOC)cc1. The molecular formula is C13H19N3O3S. The van der Waals surface area contributed by atoms with Gasteiger partial charge in [0, 0.05) is 39.4 Å². The van der Waals surface area contributed by atoms with Gasteiger partial charge in [-0.2, -0.15) is 9.57 Å². The Bertz CT molecular complexity index is 549. The third kappa shape index (κ3) is 4.20. The lowest BCUT2D eigenvalue weighted by atomic mass is 10.3. The highest BCUT2D eigenvalue weighted by molar-refractivity contribution is 7.89. The van der Waals surface area contributed by atoms with Crippen LogP contribution in [0.4, 0.5) is 5.69 Å². The molecule has 0 atom stereocenters. The quantitative estimate of drug-likeness (QED) is 0.781. The maximum Gasteiger partial charge on any atom is 0.243 e. The Labute approximate surface area is 120 Å².